The number of ether oxygens (including phenoxy) is 1. The average Bonchev–Trinajstić information content (AvgIpc) is 2.32. The van der Waals surface area contributed by atoms with Gasteiger partial charge in [0.2, 0.25) is 0 Å². The van der Waals surface area contributed by atoms with Crippen molar-refractivity contribution in [2.45, 2.75) is 6.54 Å². The first-order valence-electron chi connectivity index (χ1n) is 3.02. The zero-order chi connectivity index (χ0) is 7.84. The van der Waals surface area contributed by atoms with Crippen LogP contribution in [-0.4, -0.2) is 9.55 Å². The predicted octanol–water partition coefficient (Wildman–Crippen LogP) is 2.12. The lowest BCUT2D eigenvalue weighted by molar-refractivity contribution is 0.379. The molecule has 0 bridgehead atoms. The molecular formula is C6H4BrClN2O. The highest BCUT2D eigenvalue weighted by Gasteiger charge is 2.13. The van der Waals surface area contributed by atoms with Crippen LogP contribution in [0.3, 0.4) is 0 Å². The highest BCUT2D eigenvalue weighted by atomic mass is 79.9. The molecule has 11 heavy (non-hydrogen) atoms. The van der Waals surface area contributed by atoms with E-state index in [9.17, 15) is 0 Å². The molecule has 1 aliphatic heterocycles. The van der Waals surface area contributed by atoms with Gasteiger partial charge in [0, 0.05) is 0 Å². The van der Waals surface area contributed by atoms with Crippen molar-refractivity contribution in [2.24, 2.45) is 0 Å². The zero-order valence-electron chi connectivity index (χ0n) is 5.42. The van der Waals surface area contributed by atoms with Crippen molar-refractivity contribution < 1.29 is 4.74 Å². The highest BCUT2D eigenvalue weighted by molar-refractivity contribution is 9.10. The molecule has 3 nitrogen and oxygen atoms in total. The monoisotopic (exact) mass is 234 g/mol. The SMILES string of the molecule is ClC1=CCn2c(Br)cnc2O1. The third-order valence-electron chi connectivity index (χ3n) is 1.39. The molecule has 0 aromatic carbocycles. The number of imidazole rings is 1. The summed E-state index contributed by atoms with van der Waals surface area (Å²) in [5.74, 6) is 0. The Kier molecular flexibility index (Phi) is 1.65. The fraction of sp³-hybridized carbons (Fsp3) is 0.167. The molecule has 2 heterocycles. The minimum atomic E-state index is 0.385. The Balaban J connectivity index is 2.44. The van der Waals surface area contributed by atoms with Crippen molar-refractivity contribution in [2.75, 3.05) is 0 Å². The van der Waals surface area contributed by atoms with Gasteiger partial charge in [-0.15, -0.1) is 0 Å². The standard InChI is InChI=1S/C6H4BrClN2O/c7-4-3-9-6-10(4)2-1-5(8)11-6/h1,3H,2H2. The van der Waals surface area contributed by atoms with Gasteiger partial charge in [-0.1, -0.05) is 0 Å². The minimum Gasteiger partial charge on any atom is -0.413 e. The van der Waals surface area contributed by atoms with Crippen molar-refractivity contribution in [1.82, 2.24) is 9.55 Å². The number of fused-ring (bicyclic) bond motifs is 1. The van der Waals surface area contributed by atoms with E-state index >= 15 is 0 Å². The summed E-state index contributed by atoms with van der Waals surface area (Å²) < 4.78 is 7.86. The molecule has 0 saturated carbocycles. The summed E-state index contributed by atoms with van der Waals surface area (Å²) in [6.45, 7) is 0.703. The molecule has 2 rings (SSSR count). The van der Waals surface area contributed by atoms with Gasteiger partial charge in [0.1, 0.15) is 4.60 Å². The second kappa shape index (κ2) is 2.53. The Labute approximate surface area is 76.8 Å². The third kappa shape index (κ3) is 1.16. The number of aromatic nitrogens is 2. The van der Waals surface area contributed by atoms with Crippen LogP contribution >= 0.6 is 27.5 Å². The smallest absolute Gasteiger partial charge is 0.303 e. The van der Waals surface area contributed by atoms with Crippen LogP contribution in [0.5, 0.6) is 6.01 Å². The van der Waals surface area contributed by atoms with Crippen LogP contribution in [0.2, 0.25) is 0 Å². The van der Waals surface area contributed by atoms with E-state index in [1.165, 1.54) is 0 Å². The largest absolute Gasteiger partial charge is 0.413 e. The van der Waals surface area contributed by atoms with E-state index in [0.29, 0.717) is 17.8 Å². The van der Waals surface area contributed by atoms with Gasteiger partial charge in [-0.25, -0.2) is 4.98 Å². The Bertz CT molecular complexity index is 320. The van der Waals surface area contributed by atoms with Crippen LogP contribution in [-0.2, 0) is 6.54 Å². The van der Waals surface area contributed by atoms with Crippen LogP contribution in [0.15, 0.2) is 22.1 Å². The molecule has 1 aromatic heterocycles. The van der Waals surface area contributed by atoms with Gasteiger partial charge in [0.05, 0.1) is 12.7 Å². The summed E-state index contributed by atoms with van der Waals surface area (Å²) in [5.41, 5.74) is 0. The van der Waals surface area contributed by atoms with Crippen LogP contribution in [0.1, 0.15) is 0 Å². The maximum Gasteiger partial charge on any atom is 0.303 e. The van der Waals surface area contributed by atoms with E-state index in [4.69, 9.17) is 16.3 Å². The molecule has 0 unspecified atom stereocenters. The van der Waals surface area contributed by atoms with E-state index in [1.807, 2.05) is 4.57 Å². The molecule has 0 N–H and O–H groups in total. The number of rotatable bonds is 0. The molecule has 5 heteroatoms. The second-order valence-corrected chi connectivity index (χ2v) is 3.27. The van der Waals surface area contributed by atoms with Gasteiger partial charge in [-0.2, -0.15) is 0 Å². The van der Waals surface area contributed by atoms with Gasteiger partial charge < -0.3 is 4.74 Å². The normalized spacial score (nSPS) is 15.3. The summed E-state index contributed by atoms with van der Waals surface area (Å²) >= 11 is 8.94. The molecule has 0 amide bonds. The molecule has 0 spiro atoms. The van der Waals surface area contributed by atoms with Crippen molar-refractivity contribution in [3.8, 4) is 6.01 Å². The fourth-order valence-electron chi connectivity index (χ4n) is 0.878. The van der Waals surface area contributed by atoms with Crippen LogP contribution in [0.4, 0.5) is 0 Å². The van der Waals surface area contributed by atoms with E-state index in [-0.39, 0.29) is 0 Å². The summed E-state index contributed by atoms with van der Waals surface area (Å²) in [6.07, 6.45) is 3.46. The molecule has 0 fully saturated rings. The van der Waals surface area contributed by atoms with Crippen molar-refractivity contribution >= 4 is 27.5 Å². The van der Waals surface area contributed by atoms with Crippen molar-refractivity contribution in [3.05, 3.63) is 22.1 Å². The Morgan fingerprint density at radius 2 is 2.55 bits per heavy atom. The number of hydrogen-bond donors (Lipinski definition) is 0. The molecule has 0 radical (unpaired) electrons. The quantitative estimate of drug-likeness (QED) is 0.689. The first-order chi connectivity index (χ1) is 5.27. The van der Waals surface area contributed by atoms with E-state index < -0.39 is 0 Å². The molecule has 58 valence electrons. The fourth-order valence-corrected chi connectivity index (χ4v) is 1.41. The topological polar surface area (TPSA) is 27.1 Å². The molecule has 0 atom stereocenters. The van der Waals surface area contributed by atoms with Gasteiger partial charge in [0.25, 0.3) is 0 Å². The molecular weight excluding hydrogens is 231 g/mol. The zero-order valence-corrected chi connectivity index (χ0v) is 7.76. The molecule has 1 aliphatic rings. The van der Waals surface area contributed by atoms with Gasteiger partial charge >= 0.3 is 6.01 Å². The summed E-state index contributed by atoms with van der Waals surface area (Å²) in [4.78, 5) is 3.98. The van der Waals surface area contributed by atoms with Crippen LogP contribution in [0.25, 0.3) is 0 Å². The summed E-state index contributed by atoms with van der Waals surface area (Å²) in [6, 6.07) is 0.532. The minimum absolute atomic E-state index is 0.385. The van der Waals surface area contributed by atoms with Gasteiger partial charge in [0.15, 0.2) is 5.22 Å². The van der Waals surface area contributed by atoms with E-state index in [0.717, 1.165) is 4.60 Å². The van der Waals surface area contributed by atoms with Gasteiger partial charge in [-0.05, 0) is 33.6 Å². The maximum absolute atomic E-state index is 5.62. The highest BCUT2D eigenvalue weighted by Crippen LogP contribution is 2.24. The Hall–Kier alpha value is -0.480. The van der Waals surface area contributed by atoms with Crippen molar-refractivity contribution in [1.29, 1.82) is 0 Å². The first kappa shape index (κ1) is 7.18. The lowest BCUT2D eigenvalue weighted by Crippen LogP contribution is -2.07. The summed E-state index contributed by atoms with van der Waals surface area (Å²) in [7, 11) is 0. The molecule has 1 aromatic rings. The van der Waals surface area contributed by atoms with E-state index in [2.05, 4.69) is 20.9 Å². The number of allylic oxidation sites excluding steroid dienone is 1. The molecule has 0 aliphatic carbocycles. The Morgan fingerprint density at radius 3 is 3.36 bits per heavy atom. The van der Waals surface area contributed by atoms with Crippen LogP contribution < -0.4 is 4.74 Å². The number of hydrogen-bond acceptors (Lipinski definition) is 2. The maximum atomic E-state index is 5.62. The third-order valence-corrected chi connectivity index (χ3v) is 2.26. The van der Waals surface area contributed by atoms with Gasteiger partial charge in [-0.3, -0.25) is 4.57 Å². The lowest BCUT2D eigenvalue weighted by Gasteiger charge is -2.11. The second-order valence-electron chi connectivity index (χ2n) is 2.08. The predicted molar refractivity (Wildman–Crippen MR) is 44.5 cm³/mol. The average molecular weight is 235 g/mol. The number of nitrogens with zero attached hydrogens (tertiary/aromatic N) is 2. The molecule has 0 saturated heterocycles. The Morgan fingerprint density at radius 1 is 1.73 bits per heavy atom. The first-order valence-corrected chi connectivity index (χ1v) is 4.19. The van der Waals surface area contributed by atoms with Crippen LogP contribution in [0, 0.1) is 0 Å². The van der Waals surface area contributed by atoms with Crippen molar-refractivity contribution in [3.63, 3.8) is 0 Å². The lowest BCUT2D eigenvalue weighted by atomic mass is 10.5. The van der Waals surface area contributed by atoms with E-state index in [1.54, 1.807) is 12.3 Å². The number of halogens is 2. The summed E-state index contributed by atoms with van der Waals surface area (Å²) in [5, 5.41) is 0.385.